The van der Waals surface area contributed by atoms with E-state index in [4.69, 9.17) is 16.3 Å². The summed E-state index contributed by atoms with van der Waals surface area (Å²) in [4.78, 5) is 52.1. The van der Waals surface area contributed by atoms with Crippen LogP contribution in [0.1, 0.15) is 29.4 Å². The first-order chi connectivity index (χ1) is 18.2. The number of hydrogen-bond donors (Lipinski definition) is 2. The summed E-state index contributed by atoms with van der Waals surface area (Å²) in [6.07, 6.45) is 1.85. The number of rotatable bonds is 9. The lowest BCUT2D eigenvalue weighted by molar-refractivity contribution is -0.143. The number of amides is 2. The first-order valence-corrected chi connectivity index (χ1v) is 13.2. The first-order valence-electron chi connectivity index (χ1n) is 12.0. The van der Waals surface area contributed by atoms with Gasteiger partial charge in [0.2, 0.25) is 5.91 Å². The minimum absolute atomic E-state index is 0.0474. The number of ether oxygens (including phenoxy) is 1. The van der Waals surface area contributed by atoms with E-state index in [1.54, 1.807) is 36.1 Å². The van der Waals surface area contributed by atoms with Gasteiger partial charge in [0, 0.05) is 37.5 Å². The first kappa shape index (κ1) is 27.5. The van der Waals surface area contributed by atoms with Crippen LogP contribution < -0.4 is 16.2 Å². The number of nitrogens with zero attached hydrogens (tertiary/aromatic N) is 2. The van der Waals surface area contributed by atoms with Crippen LogP contribution in [-0.2, 0) is 14.3 Å². The van der Waals surface area contributed by atoms with Crippen LogP contribution in [0.3, 0.4) is 0 Å². The van der Waals surface area contributed by atoms with Gasteiger partial charge in [0.15, 0.2) is 0 Å². The highest BCUT2D eigenvalue weighted by Crippen LogP contribution is 2.25. The molecule has 1 aliphatic heterocycles. The highest BCUT2D eigenvalue weighted by molar-refractivity contribution is 7.18. The number of nitrogens with one attached hydrogen (secondary N) is 2. The number of hydrogen-bond acceptors (Lipinski definition) is 7. The molecule has 4 rings (SSSR count). The van der Waals surface area contributed by atoms with Crippen molar-refractivity contribution in [3.05, 3.63) is 80.1 Å². The van der Waals surface area contributed by atoms with Crippen molar-refractivity contribution in [1.29, 1.82) is 0 Å². The molecule has 1 aromatic carbocycles. The molecule has 3 heterocycles. The van der Waals surface area contributed by atoms with Crippen molar-refractivity contribution >= 4 is 46.4 Å². The number of carbonyl (C=O) groups is 3. The summed E-state index contributed by atoms with van der Waals surface area (Å²) in [6.45, 7) is 2.50. The summed E-state index contributed by atoms with van der Waals surface area (Å²) < 4.78 is 21.7. The van der Waals surface area contributed by atoms with E-state index in [9.17, 15) is 23.6 Å². The molecule has 200 valence electrons. The summed E-state index contributed by atoms with van der Waals surface area (Å²) in [6, 6.07) is 10.8. The highest BCUT2D eigenvalue weighted by atomic mass is 35.5. The van der Waals surface area contributed by atoms with Gasteiger partial charge in [-0.3, -0.25) is 28.6 Å². The van der Waals surface area contributed by atoms with Gasteiger partial charge in [-0.2, -0.15) is 0 Å². The zero-order chi connectivity index (χ0) is 27.2. The number of benzene rings is 1. The average molecular weight is 561 g/mol. The van der Waals surface area contributed by atoms with Crippen molar-refractivity contribution in [3.8, 4) is 5.69 Å². The lowest BCUT2D eigenvalue weighted by Gasteiger charge is -2.23. The molecule has 38 heavy (non-hydrogen) atoms. The van der Waals surface area contributed by atoms with Crippen LogP contribution in [0.2, 0.25) is 4.34 Å². The number of aromatic nitrogens is 1. The van der Waals surface area contributed by atoms with Crippen LogP contribution in [-0.4, -0.2) is 59.0 Å². The topological polar surface area (TPSA) is 110 Å². The Kier molecular flexibility index (Phi) is 8.93. The van der Waals surface area contributed by atoms with Crippen LogP contribution in [0.25, 0.3) is 5.69 Å². The number of carbonyl (C=O) groups excluding carboxylic acids is 3. The highest BCUT2D eigenvalue weighted by Gasteiger charge is 2.38. The Hall–Kier alpha value is -3.54. The smallest absolute Gasteiger partial charge is 0.307 e. The standard InChI is InChI=1S/C26H26ClFN4O5S/c1-2-37-24(34)10-12-31-15-16(29-26(36)21-8-9-22(27)38-21)13-20(31)25(35)30-19-7-6-17(14-18(19)28)32-11-4-3-5-23(32)33/h3-9,11,14,16,20H,2,10,12-13,15H2,1H3,(H,29,36)(H,30,35). The largest absolute Gasteiger partial charge is 0.466 e. The number of esters is 1. The van der Waals surface area contributed by atoms with Crippen molar-refractivity contribution < 1.29 is 23.5 Å². The molecular formula is C26H26ClFN4O5S. The minimum Gasteiger partial charge on any atom is -0.466 e. The fourth-order valence-corrected chi connectivity index (χ4v) is 5.25. The summed E-state index contributed by atoms with van der Waals surface area (Å²) in [7, 11) is 0. The molecule has 2 N–H and O–H groups in total. The van der Waals surface area contributed by atoms with Crippen LogP contribution in [0.15, 0.2) is 59.5 Å². The van der Waals surface area contributed by atoms with Crippen LogP contribution in [0.4, 0.5) is 10.1 Å². The molecule has 2 atom stereocenters. The third-order valence-corrected chi connectivity index (χ3v) is 7.29. The predicted octanol–water partition coefficient (Wildman–Crippen LogP) is 3.46. The van der Waals surface area contributed by atoms with Crippen LogP contribution in [0.5, 0.6) is 0 Å². The number of pyridine rings is 1. The van der Waals surface area contributed by atoms with E-state index in [1.165, 1.54) is 35.0 Å². The van der Waals surface area contributed by atoms with Gasteiger partial charge < -0.3 is 15.4 Å². The summed E-state index contributed by atoms with van der Waals surface area (Å²) in [5.74, 6) is -1.89. The predicted molar refractivity (Wildman–Crippen MR) is 142 cm³/mol. The zero-order valence-electron chi connectivity index (χ0n) is 20.5. The number of halogens is 2. The van der Waals surface area contributed by atoms with E-state index in [0.717, 1.165) is 11.3 Å². The Morgan fingerprint density at radius 2 is 2.00 bits per heavy atom. The molecule has 12 heteroatoms. The molecule has 1 fully saturated rings. The molecule has 0 spiro atoms. The Bertz CT molecular complexity index is 1390. The van der Waals surface area contributed by atoms with Gasteiger partial charge in [-0.1, -0.05) is 17.7 Å². The van der Waals surface area contributed by atoms with Gasteiger partial charge >= 0.3 is 5.97 Å². The van der Waals surface area contributed by atoms with Crippen LogP contribution >= 0.6 is 22.9 Å². The number of thiophene rings is 1. The fourth-order valence-electron chi connectivity index (χ4n) is 4.30. The van der Waals surface area contributed by atoms with E-state index in [-0.39, 0.29) is 49.2 Å². The van der Waals surface area contributed by atoms with E-state index >= 15 is 0 Å². The molecule has 1 aliphatic rings. The second-order valence-electron chi connectivity index (χ2n) is 8.64. The lowest BCUT2D eigenvalue weighted by atomic mass is 10.1. The third kappa shape index (κ3) is 6.66. The molecular weight excluding hydrogens is 535 g/mol. The van der Waals surface area contributed by atoms with Crippen molar-refractivity contribution in [2.24, 2.45) is 0 Å². The Labute approximate surface area is 227 Å². The minimum atomic E-state index is -0.725. The normalized spacial score (nSPS) is 17.2. The maximum Gasteiger partial charge on any atom is 0.307 e. The lowest BCUT2D eigenvalue weighted by Crippen LogP contribution is -2.41. The van der Waals surface area contributed by atoms with Crippen LogP contribution in [0, 0.1) is 5.82 Å². The third-order valence-electron chi connectivity index (χ3n) is 6.06. The molecule has 0 radical (unpaired) electrons. The van der Waals surface area contributed by atoms with Gasteiger partial charge in [0.05, 0.1) is 39.7 Å². The molecule has 0 saturated carbocycles. The fraction of sp³-hybridized carbons (Fsp3) is 0.308. The number of anilines is 1. The van der Waals surface area contributed by atoms with E-state index in [1.807, 2.05) is 0 Å². The molecule has 2 aromatic heterocycles. The van der Waals surface area contributed by atoms with Gasteiger partial charge in [0.25, 0.3) is 11.5 Å². The van der Waals surface area contributed by atoms with E-state index in [0.29, 0.717) is 21.4 Å². The van der Waals surface area contributed by atoms with E-state index in [2.05, 4.69) is 10.6 Å². The molecule has 9 nitrogen and oxygen atoms in total. The Morgan fingerprint density at radius 3 is 2.68 bits per heavy atom. The second-order valence-corrected chi connectivity index (χ2v) is 10.4. The molecule has 3 aromatic rings. The average Bonchev–Trinajstić information content (AvgIpc) is 3.50. The van der Waals surface area contributed by atoms with Crippen molar-refractivity contribution in [2.45, 2.75) is 31.8 Å². The Morgan fingerprint density at radius 1 is 1.18 bits per heavy atom. The molecule has 0 aliphatic carbocycles. The molecule has 2 amide bonds. The van der Waals surface area contributed by atoms with E-state index < -0.39 is 23.7 Å². The maximum atomic E-state index is 14.9. The van der Waals surface area contributed by atoms with Gasteiger partial charge in [0.1, 0.15) is 5.82 Å². The number of likely N-dealkylation sites (tertiary alicyclic amines) is 1. The van der Waals surface area contributed by atoms with Gasteiger partial charge in [-0.05, 0) is 43.7 Å². The van der Waals surface area contributed by atoms with Crippen molar-refractivity contribution in [3.63, 3.8) is 0 Å². The summed E-state index contributed by atoms with van der Waals surface area (Å²) in [5, 5.41) is 5.52. The Balaban J connectivity index is 1.47. The quantitative estimate of drug-likeness (QED) is 0.388. The second kappa shape index (κ2) is 12.3. The SMILES string of the molecule is CCOC(=O)CCN1CC(NC(=O)c2ccc(Cl)s2)CC1C(=O)Nc1ccc(-n2ccccc2=O)cc1F. The van der Waals surface area contributed by atoms with Crippen molar-refractivity contribution in [1.82, 2.24) is 14.8 Å². The maximum absolute atomic E-state index is 14.9. The van der Waals surface area contributed by atoms with Gasteiger partial charge in [-0.25, -0.2) is 4.39 Å². The molecule has 2 unspecified atom stereocenters. The van der Waals surface area contributed by atoms with Crippen molar-refractivity contribution in [2.75, 3.05) is 25.0 Å². The summed E-state index contributed by atoms with van der Waals surface area (Å²) in [5.41, 5.74) is -0.0435. The zero-order valence-corrected chi connectivity index (χ0v) is 22.1. The molecule has 0 bridgehead atoms. The molecule has 1 saturated heterocycles. The summed E-state index contributed by atoms with van der Waals surface area (Å²) >= 11 is 7.08. The monoisotopic (exact) mass is 560 g/mol. The van der Waals surface area contributed by atoms with Gasteiger partial charge in [-0.15, -0.1) is 11.3 Å².